The molecule has 0 fully saturated rings. The molecule has 0 aliphatic heterocycles. The zero-order valence-electron chi connectivity index (χ0n) is 11.3. The van der Waals surface area contributed by atoms with Crippen LogP contribution in [0.1, 0.15) is 17.5 Å². The quantitative estimate of drug-likeness (QED) is 0.772. The number of aryl methyl sites for hydroxylation is 2. The molecule has 0 bridgehead atoms. The summed E-state index contributed by atoms with van der Waals surface area (Å²) in [6, 6.07) is 6.22. The Hall–Kier alpha value is -1.16. The minimum Gasteiger partial charge on any atom is -0.493 e. The maximum Gasteiger partial charge on any atom is 0.229 e. The van der Waals surface area contributed by atoms with Crippen LogP contribution in [-0.2, 0) is 4.79 Å². The van der Waals surface area contributed by atoms with E-state index in [-0.39, 0.29) is 5.91 Å². The van der Waals surface area contributed by atoms with Gasteiger partial charge < -0.3 is 10.1 Å². The molecule has 0 unspecified atom stereocenters. The molecule has 1 amide bonds. The SMILES string of the molecule is CNC(=O)CSCCCOc1cc(C)ccc1C. The molecule has 0 saturated heterocycles. The Labute approximate surface area is 113 Å². The molecule has 0 aromatic heterocycles. The number of benzene rings is 1. The molecule has 1 N–H and O–H groups in total. The zero-order chi connectivity index (χ0) is 13.4. The number of nitrogens with one attached hydrogen (secondary N) is 1. The maximum atomic E-state index is 11.0. The minimum atomic E-state index is 0.0791. The molecule has 0 heterocycles. The van der Waals surface area contributed by atoms with E-state index in [1.165, 1.54) is 11.1 Å². The van der Waals surface area contributed by atoms with Crippen LogP contribution in [0.25, 0.3) is 0 Å². The van der Waals surface area contributed by atoms with Crippen molar-refractivity contribution in [1.29, 1.82) is 0 Å². The molecule has 0 aliphatic rings. The van der Waals surface area contributed by atoms with Crippen LogP contribution in [0.4, 0.5) is 0 Å². The third kappa shape index (κ3) is 5.45. The number of carbonyl (C=O) groups excluding carboxylic acids is 1. The summed E-state index contributed by atoms with van der Waals surface area (Å²) < 4.78 is 5.74. The molecule has 0 saturated carbocycles. The predicted octanol–water partition coefficient (Wildman–Crippen LogP) is 2.55. The topological polar surface area (TPSA) is 38.3 Å². The number of rotatable bonds is 7. The summed E-state index contributed by atoms with van der Waals surface area (Å²) in [5.74, 6) is 2.51. The molecule has 4 heteroatoms. The third-order valence-corrected chi connectivity index (χ3v) is 3.59. The van der Waals surface area contributed by atoms with Gasteiger partial charge in [-0.05, 0) is 43.2 Å². The molecule has 0 aliphatic carbocycles. The van der Waals surface area contributed by atoms with Crippen molar-refractivity contribution in [3.05, 3.63) is 29.3 Å². The molecule has 1 aromatic rings. The second-order valence-electron chi connectivity index (χ2n) is 4.20. The van der Waals surface area contributed by atoms with Crippen LogP contribution in [0.2, 0.25) is 0 Å². The largest absolute Gasteiger partial charge is 0.493 e. The van der Waals surface area contributed by atoms with E-state index < -0.39 is 0 Å². The molecule has 0 radical (unpaired) electrons. The lowest BCUT2D eigenvalue weighted by Gasteiger charge is -2.09. The van der Waals surface area contributed by atoms with Crippen molar-refractivity contribution in [2.45, 2.75) is 20.3 Å². The normalized spacial score (nSPS) is 10.2. The third-order valence-electron chi connectivity index (χ3n) is 2.55. The van der Waals surface area contributed by atoms with Crippen LogP contribution < -0.4 is 10.1 Å². The highest BCUT2D eigenvalue weighted by molar-refractivity contribution is 7.99. The number of carbonyl (C=O) groups is 1. The molecular formula is C14H21NO2S. The lowest BCUT2D eigenvalue weighted by molar-refractivity contribution is -0.118. The number of hydrogen-bond donors (Lipinski definition) is 1. The fraction of sp³-hybridized carbons (Fsp3) is 0.500. The van der Waals surface area contributed by atoms with E-state index in [0.29, 0.717) is 12.4 Å². The Kier molecular flexibility index (Phi) is 6.65. The molecule has 1 aromatic carbocycles. The Morgan fingerprint density at radius 3 is 2.89 bits per heavy atom. The summed E-state index contributed by atoms with van der Waals surface area (Å²) in [6.07, 6.45) is 0.953. The van der Waals surface area contributed by atoms with Gasteiger partial charge in [0.25, 0.3) is 0 Å². The van der Waals surface area contributed by atoms with Crippen LogP contribution in [0, 0.1) is 13.8 Å². The van der Waals surface area contributed by atoms with Gasteiger partial charge in [-0.3, -0.25) is 4.79 Å². The van der Waals surface area contributed by atoms with Gasteiger partial charge >= 0.3 is 0 Å². The molecular weight excluding hydrogens is 246 g/mol. The van der Waals surface area contributed by atoms with Crippen molar-refractivity contribution in [1.82, 2.24) is 5.32 Å². The second kappa shape index (κ2) is 8.03. The second-order valence-corrected chi connectivity index (χ2v) is 5.30. The van der Waals surface area contributed by atoms with Crippen molar-refractivity contribution in [2.75, 3.05) is 25.2 Å². The number of amides is 1. The highest BCUT2D eigenvalue weighted by atomic mass is 32.2. The van der Waals surface area contributed by atoms with E-state index in [0.717, 1.165) is 17.9 Å². The molecule has 0 spiro atoms. The highest BCUT2D eigenvalue weighted by Gasteiger charge is 2.00. The lowest BCUT2D eigenvalue weighted by Crippen LogP contribution is -2.20. The van der Waals surface area contributed by atoms with Gasteiger partial charge in [0, 0.05) is 7.05 Å². The lowest BCUT2D eigenvalue weighted by atomic mass is 10.1. The van der Waals surface area contributed by atoms with Gasteiger partial charge in [0.1, 0.15) is 5.75 Å². The first kappa shape index (κ1) is 14.9. The van der Waals surface area contributed by atoms with Crippen molar-refractivity contribution in [3.63, 3.8) is 0 Å². The van der Waals surface area contributed by atoms with E-state index in [2.05, 4.69) is 37.4 Å². The minimum absolute atomic E-state index is 0.0791. The average Bonchev–Trinajstić information content (AvgIpc) is 2.37. The summed E-state index contributed by atoms with van der Waals surface area (Å²) in [4.78, 5) is 11.0. The van der Waals surface area contributed by atoms with E-state index in [1.54, 1.807) is 18.8 Å². The Balaban J connectivity index is 2.18. The summed E-state index contributed by atoms with van der Waals surface area (Å²) in [5.41, 5.74) is 2.38. The van der Waals surface area contributed by atoms with Crippen molar-refractivity contribution < 1.29 is 9.53 Å². The van der Waals surface area contributed by atoms with Crippen LogP contribution in [0.15, 0.2) is 18.2 Å². The van der Waals surface area contributed by atoms with Gasteiger partial charge in [0.05, 0.1) is 12.4 Å². The number of ether oxygens (including phenoxy) is 1. The first-order valence-corrected chi connectivity index (χ1v) is 7.27. The van der Waals surface area contributed by atoms with Crippen molar-refractivity contribution >= 4 is 17.7 Å². The highest BCUT2D eigenvalue weighted by Crippen LogP contribution is 2.19. The van der Waals surface area contributed by atoms with E-state index in [4.69, 9.17) is 4.74 Å². The fourth-order valence-electron chi connectivity index (χ4n) is 1.44. The average molecular weight is 267 g/mol. The van der Waals surface area contributed by atoms with Crippen LogP contribution >= 0.6 is 11.8 Å². The van der Waals surface area contributed by atoms with Crippen molar-refractivity contribution in [3.8, 4) is 5.75 Å². The summed E-state index contributed by atoms with van der Waals surface area (Å²) in [5, 5.41) is 2.60. The van der Waals surface area contributed by atoms with Crippen LogP contribution in [-0.4, -0.2) is 31.1 Å². The molecule has 3 nitrogen and oxygen atoms in total. The monoisotopic (exact) mass is 267 g/mol. The van der Waals surface area contributed by atoms with E-state index in [1.807, 2.05) is 0 Å². The Morgan fingerprint density at radius 2 is 2.17 bits per heavy atom. The maximum absolute atomic E-state index is 11.0. The number of hydrogen-bond acceptors (Lipinski definition) is 3. The van der Waals surface area contributed by atoms with Crippen LogP contribution in [0.5, 0.6) is 5.75 Å². The predicted molar refractivity (Wildman–Crippen MR) is 77.4 cm³/mol. The van der Waals surface area contributed by atoms with Gasteiger partial charge in [0.2, 0.25) is 5.91 Å². The molecule has 0 atom stereocenters. The van der Waals surface area contributed by atoms with E-state index >= 15 is 0 Å². The van der Waals surface area contributed by atoms with E-state index in [9.17, 15) is 4.79 Å². The smallest absolute Gasteiger partial charge is 0.229 e. The van der Waals surface area contributed by atoms with Gasteiger partial charge in [-0.2, -0.15) is 11.8 Å². The molecule has 100 valence electrons. The zero-order valence-corrected chi connectivity index (χ0v) is 12.1. The summed E-state index contributed by atoms with van der Waals surface area (Å²) in [7, 11) is 1.66. The van der Waals surface area contributed by atoms with Crippen molar-refractivity contribution in [2.24, 2.45) is 0 Å². The Morgan fingerprint density at radius 1 is 1.39 bits per heavy atom. The van der Waals surface area contributed by atoms with Gasteiger partial charge in [-0.1, -0.05) is 12.1 Å². The number of thioether (sulfide) groups is 1. The summed E-state index contributed by atoms with van der Waals surface area (Å²) >= 11 is 1.64. The fourth-order valence-corrected chi connectivity index (χ4v) is 2.24. The van der Waals surface area contributed by atoms with Crippen LogP contribution in [0.3, 0.4) is 0 Å². The molecule has 18 heavy (non-hydrogen) atoms. The standard InChI is InChI=1S/C14H21NO2S/c1-11-5-6-12(2)13(9-11)17-7-4-8-18-10-14(16)15-3/h5-6,9H,4,7-8,10H2,1-3H3,(H,15,16). The van der Waals surface area contributed by atoms with Gasteiger partial charge in [0.15, 0.2) is 0 Å². The molecule has 1 rings (SSSR count). The Bertz CT molecular complexity index is 393. The van der Waals surface area contributed by atoms with Gasteiger partial charge in [-0.15, -0.1) is 0 Å². The van der Waals surface area contributed by atoms with Gasteiger partial charge in [-0.25, -0.2) is 0 Å². The first-order chi connectivity index (χ1) is 8.63. The summed E-state index contributed by atoms with van der Waals surface area (Å²) in [6.45, 7) is 4.81. The first-order valence-electron chi connectivity index (χ1n) is 6.12.